The van der Waals surface area contributed by atoms with Gasteiger partial charge in [0.1, 0.15) is 5.82 Å². The Balaban J connectivity index is 1.01. The van der Waals surface area contributed by atoms with Crippen LogP contribution in [0.4, 0.5) is 0 Å². The molecule has 3 aliphatic heterocycles. The van der Waals surface area contributed by atoms with E-state index in [-0.39, 0.29) is 5.41 Å². The normalized spacial score (nSPS) is 23.6. The van der Waals surface area contributed by atoms with Gasteiger partial charge < -0.3 is 9.47 Å². The molecule has 0 N–H and O–H groups in total. The molecule has 5 heteroatoms. The van der Waals surface area contributed by atoms with Crippen molar-refractivity contribution in [3.8, 4) is 0 Å². The number of aryl methyl sites for hydroxylation is 3. The van der Waals surface area contributed by atoms with Crippen molar-refractivity contribution in [1.29, 1.82) is 0 Å². The summed E-state index contributed by atoms with van der Waals surface area (Å²) in [4.78, 5) is 23.1. The van der Waals surface area contributed by atoms with E-state index in [1.807, 2.05) is 0 Å². The average Bonchev–Trinajstić information content (AvgIpc) is 3.50. The summed E-state index contributed by atoms with van der Waals surface area (Å²) in [7, 11) is 0. The summed E-state index contributed by atoms with van der Waals surface area (Å²) < 4.78 is 2.54. The zero-order chi connectivity index (χ0) is 29.4. The molecule has 0 saturated carbocycles. The van der Waals surface area contributed by atoms with Gasteiger partial charge in [0.25, 0.3) is 0 Å². The largest absolute Gasteiger partial charge is 0.343 e. The topological polar surface area (TPSA) is 41.4 Å². The van der Waals surface area contributed by atoms with Gasteiger partial charge in [0.05, 0.1) is 11.0 Å². The zero-order valence-corrected chi connectivity index (χ0v) is 25.9. The first-order valence-corrected chi connectivity index (χ1v) is 16.6. The van der Waals surface area contributed by atoms with Gasteiger partial charge in [-0.15, -0.1) is 0 Å². The van der Waals surface area contributed by atoms with Gasteiger partial charge in [0, 0.05) is 37.6 Å². The van der Waals surface area contributed by atoms with E-state index in [0.29, 0.717) is 30.5 Å². The monoisotopic (exact) mass is 574 g/mol. The molecule has 3 atom stereocenters. The van der Waals surface area contributed by atoms with Gasteiger partial charge in [-0.2, -0.15) is 0 Å². The van der Waals surface area contributed by atoms with Crippen LogP contribution in [0.5, 0.6) is 0 Å². The SMILES string of the molecule is Cc1ccc(CCC(=O)N2CCC(CCN3[C@@H]4CC[C@H]3CC(n3c(C)nc5ccccc53)C4)(c3ccccc3)CC2)cc1. The van der Waals surface area contributed by atoms with Crippen molar-refractivity contribution in [2.24, 2.45) is 0 Å². The number of likely N-dealkylation sites (tertiary alicyclic amines) is 1. The summed E-state index contributed by atoms with van der Waals surface area (Å²) in [5, 5.41) is 0. The number of rotatable bonds is 8. The van der Waals surface area contributed by atoms with Crippen molar-refractivity contribution >= 4 is 16.9 Å². The van der Waals surface area contributed by atoms with Gasteiger partial charge >= 0.3 is 0 Å². The van der Waals surface area contributed by atoms with Crippen LogP contribution < -0.4 is 0 Å². The van der Waals surface area contributed by atoms with Crippen LogP contribution in [0.1, 0.15) is 79.9 Å². The van der Waals surface area contributed by atoms with Crippen molar-refractivity contribution in [3.63, 3.8) is 0 Å². The van der Waals surface area contributed by atoms with Crippen molar-refractivity contribution < 1.29 is 4.79 Å². The standard InChI is InChI=1S/C38H46N4O/c1-28-12-14-30(15-13-28)16-19-37(43)40-23-20-38(21-24-40,31-8-4-3-5-9-31)22-25-41-32-17-18-33(41)27-34(26-32)42-29(2)39-35-10-6-7-11-36(35)42/h3-15,32-34H,16-27H2,1-2H3/t32-,33+,34?. The molecule has 4 heterocycles. The molecule has 3 fully saturated rings. The highest BCUT2D eigenvalue weighted by Gasteiger charge is 2.44. The lowest BCUT2D eigenvalue weighted by atomic mass is 9.70. The third-order valence-electron chi connectivity index (χ3n) is 11.1. The lowest BCUT2D eigenvalue weighted by Crippen LogP contribution is -2.49. The number of imidazole rings is 1. The molecule has 3 aromatic carbocycles. The predicted molar refractivity (Wildman–Crippen MR) is 174 cm³/mol. The molecule has 0 spiro atoms. The number of fused-ring (bicyclic) bond motifs is 3. The van der Waals surface area contributed by atoms with Gasteiger partial charge in [0.2, 0.25) is 5.91 Å². The molecular formula is C38H46N4O. The average molecular weight is 575 g/mol. The Morgan fingerprint density at radius 1 is 0.837 bits per heavy atom. The number of benzene rings is 3. The van der Waals surface area contributed by atoms with E-state index in [9.17, 15) is 4.79 Å². The minimum atomic E-state index is 0.141. The third kappa shape index (κ3) is 5.64. The highest BCUT2D eigenvalue weighted by Crippen LogP contribution is 2.45. The lowest BCUT2D eigenvalue weighted by Gasteiger charge is -2.45. The zero-order valence-electron chi connectivity index (χ0n) is 25.9. The van der Waals surface area contributed by atoms with Crippen LogP contribution in [0.25, 0.3) is 11.0 Å². The quantitative estimate of drug-likeness (QED) is 0.220. The van der Waals surface area contributed by atoms with Crippen molar-refractivity contribution in [1.82, 2.24) is 19.4 Å². The van der Waals surface area contributed by atoms with Crippen LogP contribution in [0.2, 0.25) is 0 Å². The molecule has 224 valence electrons. The molecule has 43 heavy (non-hydrogen) atoms. The third-order valence-corrected chi connectivity index (χ3v) is 11.1. The van der Waals surface area contributed by atoms with E-state index < -0.39 is 0 Å². The minimum Gasteiger partial charge on any atom is -0.343 e. The van der Waals surface area contributed by atoms with Gasteiger partial charge in [-0.3, -0.25) is 9.69 Å². The fourth-order valence-corrected chi connectivity index (χ4v) is 8.61. The van der Waals surface area contributed by atoms with E-state index in [4.69, 9.17) is 4.98 Å². The predicted octanol–water partition coefficient (Wildman–Crippen LogP) is 7.40. The number of piperidine rings is 2. The molecule has 5 nitrogen and oxygen atoms in total. The molecule has 1 unspecified atom stereocenters. The maximum absolute atomic E-state index is 13.2. The number of nitrogens with zero attached hydrogens (tertiary/aromatic N) is 4. The van der Waals surface area contributed by atoms with Crippen LogP contribution in [-0.4, -0.2) is 57.0 Å². The second-order valence-corrected chi connectivity index (χ2v) is 13.5. The van der Waals surface area contributed by atoms with Crippen LogP contribution >= 0.6 is 0 Å². The Bertz CT molecular complexity index is 1540. The number of carbonyl (C=O) groups excluding carboxylic acids is 1. The summed E-state index contributed by atoms with van der Waals surface area (Å²) in [6.07, 6.45) is 9.78. The molecule has 7 rings (SSSR count). The van der Waals surface area contributed by atoms with E-state index in [1.54, 1.807) is 0 Å². The minimum absolute atomic E-state index is 0.141. The summed E-state index contributed by atoms with van der Waals surface area (Å²) in [6, 6.07) is 30.3. The van der Waals surface area contributed by atoms with Crippen molar-refractivity contribution in [2.45, 2.75) is 95.2 Å². The van der Waals surface area contributed by atoms with Crippen molar-refractivity contribution in [2.75, 3.05) is 19.6 Å². The summed E-state index contributed by atoms with van der Waals surface area (Å²) in [5.41, 5.74) is 6.54. The molecule has 1 amide bonds. The second kappa shape index (κ2) is 11.9. The highest BCUT2D eigenvalue weighted by atomic mass is 16.2. The summed E-state index contributed by atoms with van der Waals surface area (Å²) in [6.45, 7) is 7.17. The van der Waals surface area contributed by atoms with Crippen LogP contribution in [0.3, 0.4) is 0 Å². The molecule has 4 aromatic rings. The van der Waals surface area contributed by atoms with E-state index in [0.717, 1.165) is 50.2 Å². The fraction of sp³-hybridized carbons (Fsp3) is 0.474. The van der Waals surface area contributed by atoms with Crippen LogP contribution in [-0.2, 0) is 16.6 Å². The number of carbonyl (C=O) groups is 1. The maximum atomic E-state index is 13.2. The Kier molecular flexibility index (Phi) is 7.85. The maximum Gasteiger partial charge on any atom is 0.222 e. The van der Waals surface area contributed by atoms with E-state index in [1.165, 1.54) is 54.3 Å². The van der Waals surface area contributed by atoms with Crippen LogP contribution in [0, 0.1) is 13.8 Å². The van der Waals surface area contributed by atoms with Gasteiger partial charge in [-0.05, 0) is 100 Å². The smallest absolute Gasteiger partial charge is 0.222 e. The number of para-hydroxylation sites is 2. The van der Waals surface area contributed by atoms with Gasteiger partial charge in [-0.1, -0.05) is 72.3 Å². The first-order valence-electron chi connectivity index (χ1n) is 16.6. The number of aromatic nitrogens is 2. The van der Waals surface area contributed by atoms with Crippen molar-refractivity contribution in [3.05, 3.63) is 101 Å². The second-order valence-electron chi connectivity index (χ2n) is 13.5. The fourth-order valence-electron chi connectivity index (χ4n) is 8.61. The molecule has 1 aromatic heterocycles. The summed E-state index contributed by atoms with van der Waals surface area (Å²) >= 11 is 0. The Hall–Kier alpha value is -3.44. The van der Waals surface area contributed by atoms with E-state index >= 15 is 0 Å². The molecule has 3 aliphatic rings. The Morgan fingerprint density at radius 3 is 2.23 bits per heavy atom. The summed E-state index contributed by atoms with van der Waals surface area (Å²) in [5.74, 6) is 1.46. The molecule has 2 bridgehead atoms. The first-order chi connectivity index (χ1) is 21.0. The molecule has 3 saturated heterocycles. The van der Waals surface area contributed by atoms with Gasteiger partial charge in [-0.25, -0.2) is 4.98 Å². The lowest BCUT2D eigenvalue weighted by molar-refractivity contribution is -0.132. The van der Waals surface area contributed by atoms with E-state index in [2.05, 4.69) is 107 Å². The number of amides is 1. The molecule has 0 aliphatic carbocycles. The van der Waals surface area contributed by atoms with Crippen LogP contribution in [0.15, 0.2) is 78.9 Å². The Morgan fingerprint density at radius 2 is 1.51 bits per heavy atom. The first kappa shape index (κ1) is 28.3. The number of hydrogen-bond acceptors (Lipinski definition) is 3. The Labute approximate surface area is 256 Å². The van der Waals surface area contributed by atoms with Gasteiger partial charge in [0.15, 0.2) is 0 Å². The highest BCUT2D eigenvalue weighted by molar-refractivity contribution is 5.77. The molecular weight excluding hydrogens is 528 g/mol. The number of hydrogen-bond donors (Lipinski definition) is 0. The molecule has 0 radical (unpaired) electrons.